The van der Waals surface area contributed by atoms with Gasteiger partial charge in [0.15, 0.2) is 11.5 Å². The molecule has 2 aromatic rings. The second-order valence-corrected chi connectivity index (χ2v) is 8.20. The van der Waals surface area contributed by atoms with Gasteiger partial charge >= 0.3 is 0 Å². The van der Waals surface area contributed by atoms with Gasteiger partial charge in [-0.15, -0.1) is 0 Å². The van der Waals surface area contributed by atoms with E-state index < -0.39 is 10.0 Å². The zero-order valence-electron chi connectivity index (χ0n) is 14.6. The molecule has 138 valence electrons. The fraction of sp³-hybridized carbons (Fsp3) is 0.278. The molecule has 0 saturated heterocycles. The van der Waals surface area contributed by atoms with Crippen molar-refractivity contribution in [3.05, 3.63) is 48.0 Å². The van der Waals surface area contributed by atoms with Crippen molar-refractivity contribution in [3.8, 4) is 11.5 Å². The molecule has 3 rings (SSSR count). The van der Waals surface area contributed by atoms with Crippen molar-refractivity contribution in [1.82, 2.24) is 4.31 Å². The molecular formula is C18H20N2O5S. The van der Waals surface area contributed by atoms with Crippen LogP contribution in [0.3, 0.4) is 0 Å². The molecule has 0 aliphatic carbocycles. The first-order chi connectivity index (χ1) is 12.4. The van der Waals surface area contributed by atoms with Crippen LogP contribution in [-0.4, -0.2) is 39.5 Å². The van der Waals surface area contributed by atoms with E-state index in [4.69, 9.17) is 9.47 Å². The monoisotopic (exact) mass is 376 g/mol. The quantitative estimate of drug-likeness (QED) is 0.836. The first-order valence-corrected chi connectivity index (χ1v) is 9.51. The van der Waals surface area contributed by atoms with Gasteiger partial charge < -0.3 is 14.8 Å². The van der Waals surface area contributed by atoms with Crippen LogP contribution in [-0.2, 0) is 21.2 Å². The van der Waals surface area contributed by atoms with Gasteiger partial charge in [-0.25, -0.2) is 12.7 Å². The van der Waals surface area contributed by atoms with Crippen molar-refractivity contribution in [2.75, 3.05) is 26.2 Å². The second kappa shape index (κ2) is 7.35. The van der Waals surface area contributed by atoms with Gasteiger partial charge in [0.25, 0.3) is 0 Å². The summed E-state index contributed by atoms with van der Waals surface area (Å²) in [5.74, 6) is 1.14. The number of carbonyl (C=O) groups is 1. The third-order valence-corrected chi connectivity index (χ3v) is 5.83. The minimum absolute atomic E-state index is 0.131. The number of sulfonamides is 1. The van der Waals surface area contributed by atoms with Gasteiger partial charge in [-0.2, -0.15) is 0 Å². The molecule has 0 aromatic heterocycles. The summed E-state index contributed by atoms with van der Waals surface area (Å²) in [5, 5.41) is 2.82. The molecule has 8 heteroatoms. The van der Waals surface area contributed by atoms with E-state index in [1.807, 2.05) is 0 Å². The number of hydrogen-bond donors (Lipinski definition) is 1. The van der Waals surface area contributed by atoms with Crippen molar-refractivity contribution in [2.45, 2.75) is 17.7 Å². The number of aryl methyl sites for hydroxylation is 1. The average molecular weight is 376 g/mol. The minimum atomic E-state index is -3.44. The Balaban J connectivity index is 1.56. The highest BCUT2D eigenvalue weighted by molar-refractivity contribution is 7.89. The summed E-state index contributed by atoms with van der Waals surface area (Å²) in [6.45, 7) is 0.187. The van der Waals surface area contributed by atoms with Gasteiger partial charge in [-0.3, -0.25) is 4.79 Å². The number of ether oxygens (including phenoxy) is 2. The van der Waals surface area contributed by atoms with Crippen LogP contribution < -0.4 is 14.8 Å². The molecule has 0 saturated carbocycles. The Morgan fingerprint density at radius 1 is 1.08 bits per heavy atom. The number of hydrogen-bond acceptors (Lipinski definition) is 5. The predicted octanol–water partition coefficient (Wildman–Crippen LogP) is 2.24. The van der Waals surface area contributed by atoms with E-state index in [0.717, 1.165) is 5.56 Å². The third kappa shape index (κ3) is 3.97. The SMILES string of the molecule is CN(C)S(=O)(=O)c1ccc(CCC(=O)Nc2ccc3c(c2)OCO3)cc1. The van der Waals surface area contributed by atoms with Gasteiger partial charge in [0, 0.05) is 32.3 Å². The maximum atomic E-state index is 12.1. The van der Waals surface area contributed by atoms with Gasteiger partial charge in [0.1, 0.15) is 0 Å². The highest BCUT2D eigenvalue weighted by Crippen LogP contribution is 2.34. The summed E-state index contributed by atoms with van der Waals surface area (Å²) in [6.07, 6.45) is 0.799. The molecule has 0 fully saturated rings. The Bertz CT molecular complexity index is 908. The standard InChI is InChI=1S/C18H20N2O5S/c1-20(2)26(22,23)15-7-3-13(4-8-15)5-10-18(21)19-14-6-9-16-17(11-14)25-12-24-16/h3-4,6-9,11H,5,10,12H2,1-2H3,(H,19,21). The zero-order valence-corrected chi connectivity index (χ0v) is 15.4. The van der Waals surface area contributed by atoms with Crippen molar-refractivity contribution in [2.24, 2.45) is 0 Å². The van der Waals surface area contributed by atoms with Gasteiger partial charge in [-0.05, 0) is 36.2 Å². The number of rotatable bonds is 6. The lowest BCUT2D eigenvalue weighted by Crippen LogP contribution is -2.22. The van der Waals surface area contributed by atoms with Crippen LogP contribution in [0.5, 0.6) is 11.5 Å². The summed E-state index contributed by atoms with van der Waals surface area (Å²) in [6, 6.07) is 11.8. The molecule has 0 bridgehead atoms. The van der Waals surface area contributed by atoms with E-state index in [0.29, 0.717) is 23.6 Å². The number of carbonyl (C=O) groups excluding carboxylic acids is 1. The first-order valence-electron chi connectivity index (χ1n) is 8.07. The van der Waals surface area contributed by atoms with Crippen LogP contribution in [0, 0.1) is 0 Å². The normalized spacial score (nSPS) is 13.0. The molecule has 1 aliphatic heterocycles. The molecule has 0 radical (unpaired) electrons. The Hall–Kier alpha value is -2.58. The highest BCUT2D eigenvalue weighted by Gasteiger charge is 2.17. The Morgan fingerprint density at radius 3 is 2.46 bits per heavy atom. The van der Waals surface area contributed by atoms with Crippen LogP contribution in [0.1, 0.15) is 12.0 Å². The summed E-state index contributed by atoms with van der Waals surface area (Å²) >= 11 is 0. The number of anilines is 1. The predicted molar refractivity (Wildman–Crippen MR) is 96.8 cm³/mol. The summed E-state index contributed by atoms with van der Waals surface area (Å²) in [7, 11) is -0.459. The molecular weight excluding hydrogens is 356 g/mol. The van der Waals surface area contributed by atoms with Crippen LogP contribution in [0.4, 0.5) is 5.69 Å². The third-order valence-electron chi connectivity index (χ3n) is 4.00. The number of nitrogens with one attached hydrogen (secondary N) is 1. The molecule has 0 spiro atoms. The van der Waals surface area contributed by atoms with Crippen molar-refractivity contribution in [3.63, 3.8) is 0 Å². The first kappa shape index (κ1) is 18.2. The highest BCUT2D eigenvalue weighted by atomic mass is 32.2. The fourth-order valence-electron chi connectivity index (χ4n) is 2.49. The molecule has 1 aliphatic rings. The van der Waals surface area contributed by atoms with E-state index in [2.05, 4.69) is 5.32 Å². The van der Waals surface area contributed by atoms with Crippen LogP contribution >= 0.6 is 0 Å². The lowest BCUT2D eigenvalue weighted by Gasteiger charge is -2.11. The van der Waals surface area contributed by atoms with Gasteiger partial charge in [-0.1, -0.05) is 12.1 Å². The van der Waals surface area contributed by atoms with E-state index >= 15 is 0 Å². The van der Waals surface area contributed by atoms with E-state index in [-0.39, 0.29) is 24.0 Å². The Labute approximate surface area is 152 Å². The lowest BCUT2D eigenvalue weighted by molar-refractivity contribution is -0.116. The number of benzene rings is 2. The summed E-state index contributed by atoms with van der Waals surface area (Å²) in [4.78, 5) is 12.3. The number of amides is 1. The zero-order chi connectivity index (χ0) is 18.7. The van der Waals surface area contributed by atoms with Crippen molar-refractivity contribution in [1.29, 1.82) is 0 Å². The molecule has 1 heterocycles. The summed E-state index contributed by atoms with van der Waals surface area (Å²) < 4.78 is 35.7. The molecule has 7 nitrogen and oxygen atoms in total. The fourth-order valence-corrected chi connectivity index (χ4v) is 3.40. The maximum absolute atomic E-state index is 12.1. The summed E-state index contributed by atoms with van der Waals surface area (Å²) in [5.41, 5.74) is 1.54. The van der Waals surface area contributed by atoms with Gasteiger partial charge in [0.05, 0.1) is 4.90 Å². The lowest BCUT2D eigenvalue weighted by atomic mass is 10.1. The molecule has 0 atom stereocenters. The van der Waals surface area contributed by atoms with Crippen molar-refractivity contribution >= 4 is 21.6 Å². The molecule has 1 amide bonds. The second-order valence-electron chi connectivity index (χ2n) is 6.05. The van der Waals surface area contributed by atoms with E-state index in [1.54, 1.807) is 42.5 Å². The molecule has 0 unspecified atom stereocenters. The molecule has 2 aromatic carbocycles. The van der Waals surface area contributed by atoms with Crippen LogP contribution in [0.2, 0.25) is 0 Å². The Kier molecular flexibility index (Phi) is 5.15. The molecule has 26 heavy (non-hydrogen) atoms. The van der Waals surface area contributed by atoms with Gasteiger partial charge in [0.2, 0.25) is 22.7 Å². The van der Waals surface area contributed by atoms with E-state index in [9.17, 15) is 13.2 Å². The Morgan fingerprint density at radius 2 is 1.77 bits per heavy atom. The maximum Gasteiger partial charge on any atom is 0.242 e. The van der Waals surface area contributed by atoms with Crippen LogP contribution in [0.25, 0.3) is 0 Å². The van der Waals surface area contributed by atoms with Crippen LogP contribution in [0.15, 0.2) is 47.4 Å². The van der Waals surface area contributed by atoms with E-state index in [1.165, 1.54) is 18.4 Å². The topological polar surface area (TPSA) is 84.9 Å². The van der Waals surface area contributed by atoms with Crippen molar-refractivity contribution < 1.29 is 22.7 Å². The smallest absolute Gasteiger partial charge is 0.242 e. The largest absolute Gasteiger partial charge is 0.454 e. The number of fused-ring (bicyclic) bond motifs is 1. The minimum Gasteiger partial charge on any atom is -0.454 e. The number of nitrogens with zero attached hydrogens (tertiary/aromatic N) is 1. The molecule has 1 N–H and O–H groups in total. The average Bonchev–Trinajstić information content (AvgIpc) is 3.08.